The van der Waals surface area contributed by atoms with E-state index in [0.29, 0.717) is 11.6 Å². The summed E-state index contributed by atoms with van der Waals surface area (Å²) in [6.45, 7) is 0. The van der Waals surface area contributed by atoms with Crippen molar-refractivity contribution in [1.29, 1.82) is 0 Å². The van der Waals surface area contributed by atoms with Crippen LogP contribution < -0.4 is 0 Å². The van der Waals surface area contributed by atoms with Crippen LogP contribution in [0.4, 0.5) is 0 Å². The van der Waals surface area contributed by atoms with Crippen molar-refractivity contribution < 1.29 is 8.83 Å². The molecule has 56 heavy (non-hydrogen) atoms. The van der Waals surface area contributed by atoms with E-state index in [0.717, 1.165) is 100 Å². The molecule has 0 unspecified atom stereocenters. The average Bonchev–Trinajstić information content (AvgIpc) is 3.82. The van der Waals surface area contributed by atoms with Gasteiger partial charge < -0.3 is 8.83 Å². The van der Waals surface area contributed by atoms with Gasteiger partial charge in [-0.05, 0) is 48.5 Å². The highest BCUT2D eigenvalue weighted by Gasteiger charge is 2.18. The first-order chi connectivity index (χ1) is 27.7. The third-order valence-electron chi connectivity index (χ3n) is 10.3. The Morgan fingerprint density at radius 2 is 0.571 bits per heavy atom. The first-order valence-electron chi connectivity index (χ1n) is 18.5. The summed E-state index contributed by atoms with van der Waals surface area (Å²) in [5.41, 5.74) is 12.4. The van der Waals surface area contributed by atoms with Gasteiger partial charge in [0.1, 0.15) is 22.3 Å². The van der Waals surface area contributed by atoms with Crippen LogP contribution in [-0.4, -0.2) is 19.9 Å². The Kier molecular flexibility index (Phi) is 7.38. The molecule has 0 saturated carbocycles. The molecule has 0 radical (unpaired) electrons. The topological polar surface area (TPSA) is 77.8 Å². The normalized spacial score (nSPS) is 11.6. The highest BCUT2D eigenvalue weighted by atomic mass is 16.3. The van der Waals surface area contributed by atoms with Crippen molar-refractivity contribution in [3.05, 3.63) is 182 Å². The number of hydrogen-bond donors (Lipinski definition) is 0. The zero-order chi connectivity index (χ0) is 37.0. The van der Waals surface area contributed by atoms with Gasteiger partial charge in [-0.3, -0.25) is 0 Å². The molecule has 0 N–H and O–H groups in total. The minimum absolute atomic E-state index is 0.676. The highest BCUT2D eigenvalue weighted by molar-refractivity contribution is 6.15. The van der Waals surface area contributed by atoms with Gasteiger partial charge >= 0.3 is 0 Å². The smallest absolute Gasteiger partial charge is 0.160 e. The Labute approximate surface area is 321 Å². The van der Waals surface area contributed by atoms with E-state index in [9.17, 15) is 0 Å². The molecule has 0 aliphatic rings. The van der Waals surface area contributed by atoms with Gasteiger partial charge in [0.05, 0.1) is 22.8 Å². The second-order valence-corrected chi connectivity index (χ2v) is 13.9. The van der Waals surface area contributed by atoms with Gasteiger partial charge in [0, 0.05) is 54.9 Å². The molecule has 7 aromatic carbocycles. The third kappa shape index (κ3) is 5.60. The molecular weight excluding hydrogens is 689 g/mol. The summed E-state index contributed by atoms with van der Waals surface area (Å²) in [7, 11) is 0. The molecule has 0 bridgehead atoms. The summed E-state index contributed by atoms with van der Waals surface area (Å²) in [4.78, 5) is 19.9. The van der Waals surface area contributed by atoms with Crippen molar-refractivity contribution in [3.8, 4) is 67.8 Å². The van der Waals surface area contributed by atoms with Gasteiger partial charge in [0.25, 0.3) is 0 Å². The van der Waals surface area contributed by atoms with Crippen molar-refractivity contribution in [2.24, 2.45) is 0 Å². The fraction of sp³-hybridized carbons (Fsp3) is 0. The van der Waals surface area contributed by atoms with Crippen molar-refractivity contribution in [1.82, 2.24) is 19.9 Å². The van der Waals surface area contributed by atoms with Crippen LogP contribution in [0.1, 0.15) is 0 Å². The molecule has 0 spiro atoms. The molecule has 4 aromatic heterocycles. The number of aromatic nitrogens is 4. The van der Waals surface area contributed by atoms with E-state index >= 15 is 0 Å². The number of rotatable bonds is 6. The summed E-state index contributed by atoms with van der Waals surface area (Å²) in [6.07, 6.45) is 0. The molecule has 6 heteroatoms. The number of nitrogens with zero attached hydrogens (tertiary/aromatic N) is 4. The van der Waals surface area contributed by atoms with Crippen molar-refractivity contribution in [2.75, 3.05) is 0 Å². The molecule has 6 nitrogen and oxygen atoms in total. The lowest BCUT2D eigenvalue weighted by molar-refractivity contribution is 0.664. The van der Waals surface area contributed by atoms with E-state index in [1.165, 1.54) is 0 Å². The van der Waals surface area contributed by atoms with Crippen LogP contribution in [0.5, 0.6) is 0 Å². The van der Waals surface area contributed by atoms with Gasteiger partial charge in [-0.15, -0.1) is 0 Å². The van der Waals surface area contributed by atoms with Crippen LogP contribution in [0.3, 0.4) is 0 Å². The standard InChI is InChI=1S/C50H30N4O2/c1-5-13-31(14-6-1)41-29-43(53-49(51-41)33-17-9-3-10-18-33)35-21-23-37-39-27-48-40(28-47(39)55-45(37)25-35)38-24-22-36(26-46(38)56-48)44-30-42(32-15-7-2-8-16-32)52-50(54-44)34-19-11-4-12-20-34/h1-30H. The van der Waals surface area contributed by atoms with Gasteiger partial charge in [-0.1, -0.05) is 133 Å². The SMILES string of the molecule is c1ccc(-c2cc(-c3ccc4c(c3)oc3cc5c(cc34)oc3cc(-c4cc(-c6ccccc6)nc(-c6ccccc6)n4)ccc35)nc(-c3ccccc3)n2)cc1. The maximum Gasteiger partial charge on any atom is 0.160 e. The monoisotopic (exact) mass is 718 g/mol. The van der Waals surface area contributed by atoms with E-state index in [-0.39, 0.29) is 0 Å². The van der Waals surface area contributed by atoms with Crippen LogP contribution in [0.25, 0.3) is 112 Å². The average molecular weight is 719 g/mol. The van der Waals surface area contributed by atoms with Crippen LogP contribution >= 0.6 is 0 Å². The molecule has 11 aromatic rings. The molecule has 262 valence electrons. The summed E-state index contributed by atoms with van der Waals surface area (Å²) < 4.78 is 13.1. The Balaban J connectivity index is 0.996. The van der Waals surface area contributed by atoms with Gasteiger partial charge in [-0.2, -0.15) is 0 Å². The number of benzene rings is 7. The molecule has 0 fully saturated rings. The van der Waals surface area contributed by atoms with Crippen molar-refractivity contribution in [2.45, 2.75) is 0 Å². The molecule has 0 atom stereocenters. The Hall–Kier alpha value is -7.70. The minimum Gasteiger partial charge on any atom is -0.456 e. The maximum atomic E-state index is 6.57. The second-order valence-electron chi connectivity index (χ2n) is 13.9. The van der Waals surface area contributed by atoms with Gasteiger partial charge in [0.15, 0.2) is 11.6 Å². The Bertz CT molecular complexity index is 2890. The predicted molar refractivity (Wildman–Crippen MR) is 225 cm³/mol. The van der Waals surface area contributed by atoms with Gasteiger partial charge in [-0.25, -0.2) is 19.9 Å². The molecule has 0 aliphatic carbocycles. The zero-order valence-electron chi connectivity index (χ0n) is 29.9. The van der Waals surface area contributed by atoms with E-state index in [4.69, 9.17) is 28.8 Å². The third-order valence-corrected chi connectivity index (χ3v) is 10.3. The molecule has 0 amide bonds. The van der Waals surface area contributed by atoms with E-state index in [1.807, 2.05) is 109 Å². The van der Waals surface area contributed by atoms with Crippen molar-refractivity contribution in [3.63, 3.8) is 0 Å². The summed E-state index contributed by atoms with van der Waals surface area (Å²) in [5.74, 6) is 1.35. The molecule has 11 rings (SSSR count). The minimum atomic E-state index is 0.676. The van der Waals surface area contributed by atoms with Crippen molar-refractivity contribution >= 4 is 43.9 Å². The quantitative estimate of drug-likeness (QED) is 0.170. The van der Waals surface area contributed by atoms with E-state index in [1.54, 1.807) is 0 Å². The van der Waals surface area contributed by atoms with Crippen LogP contribution in [0, 0.1) is 0 Å². The predicted octanol–water partition coefficient (Wildman–Crippen LogP) is 13.1. The molecular formula is C50H30N4O2. The summed E-state index contributed by atoms with van der Waals surface area (Å²) >= 11 is 0. The number of hydrogen-bond acceptors (Lipinski definition) is 6. The molecule has 0 saturated heterocycles. The van der Waals surface area contributed by atoms with Crippen LogP contribution in [0.2, 0.25) is 0 Å². The molecule has 4 heterocycles. The lowest BCUT2D eigenvalue weighted by atomic mass is 10.0. The van der Waals surface area contributed by atoms with Crippen LogP contribution in [0.15, 0.2) is 191 Å². The summed E-state index contributed by atoms with van der Waals surface area (Å²) in [6, 6.07) is 61.5. The zero-order valence-corrected chi connectivity index (χ0v) is 29.9. The first-order valence-corrected chi connectivity index (χ1v) is 18.5. The lowest BCUT2D eigenvalue weighted by Gasteiger charge is -2.09. The first kappa shape index (κ1) is 31.8. The Morgan fingerprint density at radius 1 is 0.250 bits per heavy atom. The van der Waals surface area contributed by atoms with E-state index in [2.05, 4.69) is 72.8 Å². The lowest BCUT2D eigenvalue weighted by Crippen LogP contribution is -1.95. The Morgan fingerprint density at radius 3 is 0.946 bits per heavy atom. The fourth-order valence-electron chi connectivity index (χ4n) is 7.50. The highest BCUT2D eigenvalue weighted by Crippen LogP contribution is 2.39. The molecule has 0 aliphatic heterocycles. The number of furan rings is 2. The van der Waals surface area contributed by atoms with Gasteiger partial charge in [0.2, 0.25) is 0 Å². The maximum absolute atomic E-state index is 6.57. The largest absolute Gasteiger partial charge is 0.456 e. The number of fused-ring (bicyclic) bond motifs is 6. The second kappa shape index (κ2) is 13.0. The van der Waals surface area contributed by atoms with Crippen LogP contribution in [-0.2, 0) is 0 Å². The van der Waals surface area contributed by atoms with E-state index < -0.39 is 0 Å². The fourth-order valence-corrected chi connectivity index (χ4v) is 7.50. The summed E-state index contributed by atoms with van der Waals surface area (Å²) in [5, 5.41) is 4.00.